The van der Waals surface area contributed by atoms with Gasteiger partial charge in [-0.1, -0.05) is 45.7 Å². The number of benzene rings is 4. The molecule has 2 N–H and O–H groups in total. The molecule has 0 spiro atoms. The van der Waals surface area contributed by atoms with Gasteiger partial charge in [0.1, 0.15) is 11.4 Å². The fourth-order valence-electron chi connectivity index (χ4n) is 4.59. The van der Waals surface area contributed by atoms with E-state index < -0.39 is 11.9 Å². The van der Waals surface area contributed by atoms with Crippen LogP contribution >= 0.6 is 43.5 Å². The molecule has 43 heavy (non-hydrogen) atoms. The zero-order valence-corrected chi connectivity index (χ0v) is 26.2. The van der Waals surface area contributed by atoms with Crippen LogP contribution in [0.5, 0.6) is 23.0 Å². The number of aromatic nitrogens is 1. The highest BCUT2D eigenvalue weighted by atomic mass is 79.9. The summed E-state index contributed by atoms with van der Waals surface area (Å²) in [6, 6.07) is 20.9. The first kappa shape index (κ1) is 28.8. The maximum absolute atomic E-state index is 13.5. The lowest BCUT2D eigenvalue weighted by atomic mass is 10.0. The SMILES string of the molecule is COc1ccc2[nH]c(C(=O)NN=Cc3cc(Br)cc(Br)c3OC(=O)c3ccc4c(c3)OCO4)c(-c3ccccc3Cl)c2c1. The number of nitrogens with zero attached hydrogens (tertiary/aromatic N) is 1. The lowest BCUT2D eigenvalue weighted by molar-refractivity contribution is 0.0732. The van der Waals surface area contributed by atoms with Crippen molar-refractivity contribution in [1.82, 2.24) is 10.4 Å². The van der Waals surface area contributed by atoms with E-state index in [4.69, 9.17) is 30.5 Å². The average molecular weight is 726 g/mol. The van der Waals surface area contributed by atoms with Crippen LogP contribution in [0.4, 0.5) is 0 Å². The van der Waals surface area contributed by atoms with Crippen molar-refractivity contribution in [3.8, 4) is 34.1 Å². The summed E-state index contributed by atoms with van der Waals surface area (Å²) in [5.74, 6) is 0.732. The number of esters is 1. The van der Waals surface area contributed by atoms with Gasteiger partial charge >= 0.3 is 5.97 Å². The number of hydrazone groups is 1. The molecule has 1 aliphatic heterocycles. The first-order valence-electron chi connectivity index (χ1n) is 12.7. The topological polar surface area (TPSA) is 111 Å². The van der Waals surface area contributed by atoms with Gasteiger partial charge < -0.3 is 23.9 Å². The molecule has 12 heteroatoms. The maximum atomic E-state index is 13.5. The van der Waals surface area contributed by atoms with Crippen LogP contribution in [-0.4, -0.2) is 37.0 Å². The minimum absolute atomic E-state index is 0.0883. The lowest BCUT2D eigenvalue weighted by Crippen LogP contribution is -2.19. The van der Waals surface area contributed by atoms with E-state index in [1.165, 1.54) is 6.21 Å². The minimum atomic E-state index is -0.613. The number of fused-ring (bicyclic) bond motifs is 2. The van der Waals surface area contributed by atoms with Crippen LogP contribution in [0, 0.1) is 0 Å². The maximum Gasteiger partial charge on any atom is 0.343 e. The number of carbonyl (C=O) groups is 2. The van der Waals surface area contributed by atoms with Crippen LogP contribution in [0.1, 0.15) is 26.4 Å². The molecule has 9 nitrogen and oxygen atoms in total. The van der Waals surface area contributed by atoms with E-state index in [0.717, 1.165) is 10.9 Å². The van der Waals surface area contributed by atoms with Gasteiger partial charge in [-0.2, -0.15) is 5.10 Å². The predicted octanol–water partition coefficient (Wildman–Crippen LogP) is 7.73. The predicted molar refractivity (Wildman–Crippen MR) is 170 cm³/mol. The first-order valence-corrected chi connectivity index (χ1v) is 14.7. The van der Waals surface area contributed by atoms with Crippen molar-refractivity contribution in [1.29, 1.82) is 0 Å². The van der Waals surface area contributed by atoms with E-state index >= 15 is 0 Å². The number of ether oxygens (including phenoxy) is 4. The van der Waals surface area contributed by atoms with Crippen molar-refractivity contribution in [3.05, 3.63) is 104 Å². The summed E-state index contributed by atoms with van der Waals surface area (Å²) in [4.78, 5) is 29.7. The number of rotatable bonds is 7. The Kier molecular flexibility index (Phi) is 8.11. The molecule has 4 aromatic carbocycles. The third kappa shape index (κ3) is 5.83. The van der Waals surface area contributed by atoms with E-state index in [2.05, 4.69) is 47.4 Å². The molecule has 6 rings (SSSR count). The molecule has 5 aromatic rings. The van der Waals surface area contributed by atoms with Crippen molar-refractivity contribution in [2.24, 2.45) is 5.10 Å². The third-order valence-corrected chi connectivity index (χ3v) is 7.96. The number of methoxy groups -OCH3 is 1. The van der Waals surface area contributed by atoms with E-state index in [1.54, 1.807) is 49.6 Å². The van der Waals surface area contributed by atoms with Crippen LogP contribution < -0.4 is 24.4 Å². The number of hydrogen-bond acceptors (Lipinski definition) is 7. The zero-order chi connectivity index (χ0) is 30.1. The molecule has 0 radical (unpaired) electrons. The quantitative estimate of drug-likeness (QED) is 0.0769. The van der Waals surface area contributed by atoms with Gasteiger partial charge in [0.05, 0.1) is 23.4 Å². The molecule has 216 valence electrons. The van der Waals surface area contributed by atoms with Gasteiger partial charge in [-0.3, -0.25) is 4.79 Å². The molecular weight excluding hydrogens is 706 g/mol. The number of halogens is 3. The Morgan fingerprint density at radius 2 is 1.84 bits per heavy atom. The molecular formula is C31H20Br2ClN3O6. The van der Waals surface area contributed by atoms with Crippen molar-refractivity contribution in [3.63, 3.8) is 0 Å². The van der Waals surface area contributed by atoms with Crippen LogP contribution in [0.3, 0.4) is 0 Å². The summed E-state index contributed by atoms with van der Waals surface area (Å²) in [6.07, 6.45) is 1.39. The zero-order valence-electron chi connectivity index (χ0n) is 22.2. The Morgan fingerprint density at radius 3 is 2.65 bits per heavy atom. The van der Waals surface area contributed by atoms with E-state index in [0.29, 0.717) is 47.9 Å². The van der Waals surface area contributed by atoms with E-state index in [1.807, 2.05) is 30.3 Å². The monoisotopic (exact) mass is 723 g/mol. The number of nitrogens with one attached hydrogen (secondary N) is 2. The molecule has 0 saturated heterocycles. The van der Waals surface area contributed by atoms with Crippen molar-refractivity contribution >= 4 is 72.5 Å². The molecule has 2 heterocycles. The molecule has 0 atom stereocenters. The fraction of sp³-hybridized carbons (Fsp3) is 0.0645. The van der Waals surface area contributed by atoms with Crippen molar-refractivity contribution in [2.45, 2.75) is 0 Å². The summed E-state index contributed by atoms with van der Waals surface area (Å²) < 4.78 is 23.0. The second-order valence-corrected chi connectivity index (χ2v) is 11.4. The number of H-pyrrole nitrogens is 1. The van der Waals surface area contributed by atoms with Crippen LogP contribution in [0.25, 0.3) is 22.0 Å². The number of hydrogen-bond donors (Lipinski definition) is 2. The molecule has 0 saturated carbocycles. The van der Waals surface area contributed by atoms with E-state index in [-0.39, 0.29) is 23.8 Å². The Labute approximate surface area is 267 Å². The number of aromatic amines is 1. The Morgan fingerprint density at radius 1 is 1.02 bits per heavy atom. The van der Waals surface area contributed by atoms with E-state index in [9.17, 15) is 9.59 Å². The summed E-state index contributed by atoms with van der Waals surface area (Å²) in [6.45, 7) is 0.0883. The van der Waals surface area contributed by atoms with Gasteiger partial charge in [-0.25, -0.2) is 10.2 Å². The summed E-state index contributed by atoms with van der Waals surface area (Å²) in [5, 5.41) is 5.42. The summed E-state index contributed by atoms with van der Waals surface area (Å²) in [5.41, 5.74) is 5.53. The Hall–Kier alpha value is -4.32. The lowest BCUT2D eigenvalue weighted by Gasteiger charge is -2.11. The average Bonchev–Trinajstić information content (AvgIpc) is 3.63. The molecule has 0 unspecified atom stereocenters. The van der Waals surface area contributed by atoms with Crippen molar-refractivity contribution in [2.75, 3.05) is 13.9 Å². The largest absolute Gasteiger partial charge is 0.497 e. The highest BCUT2D eigenvalue weighted by molar-refractivity contribution is 9.11. The molecule has 1 amide bonds. The van der Waals surface area contributed by atoms with Crippen LogP contribution in [-0.2, 0) is 0 Å². The standard InChI is InChI=1S/C31H20Br2ClN3O6/c1-40-19-7-8-24-21(13-19)27(20-4-2-3-5-23(20)34)28(36-24)30(38)37-35-14-17-10-18(32)12-22(33)29(17)43-31(39)16-6-9-25-26(11-16)42-15-41-25/h2-14,36H,15H2,1H3,(H,37,38). The van der Waals surface area contributed by atoms with Crippen LogP contribution in [0.15, 0.2) is 86.8 Å². The van der Waals surface area contributed by atoms with Gasteiger partial charge in [-0.15, -0.1) is 0 Å². The molecule has 0 aliphatic carbocycles. The molecule has 0 bridgehead atoms. The smallest absolute Gasteiger partial charge is 0.343 e. The summed E-state index contributed by atoms with van der Waals surface area (Å²) >= 11 is 13.4. The molecule has 1 aliphatic rings. The summed E-state index contributed by atoms with van der Waals surface area (Å²) in [7, 11) is 1.58. The van der Waals surface area contributed by atoms with Gasteiger partial charge in [0.25, 0.3) is 5.91 Å². The Bertz CT molecular complexity index is 1940. The van der Waals surface area contributed by atoms with Crippen molar-refractivity contribution < 1.29 is 28.5 Å². The highest BCUT2D eigenvalue weighted by Gasteiger charge is 2.22. The highest BCUT2D eigenvalue weighted by Crippen LogP contribution is 2.38. The molecule has 1 aromatic heterocycles. The van der Waals surface area contributed by atoms with Gasteiger partial charge in [0.2, 0.25) is 6.79 Å². The third-order valence-electron chi connectivity index (χ3n) is 6.59. The van der Waals surface area contributed by atoms with Gasteiger partial charge in [0, 0.05) is 37.1 Å². The molecule has 0 fully saturated rings. The normalized spacial score (nSPS) is 12.1. The fourth-order valence-corrected chi connectivity index (χ4v) is 6.16. The Balaban J connectivity index is 1.29. The second kappa shape index (κ2) is 12.1. The van der Waals surface area contributed by atoms with Gasteiger partial charge in [-0.05, 0) is 70.5 Å². The number of amides is 1. The van der Waals surface area contributed by atoms with Crippen LogP contribution in [0.2, 0.25) is 5.02 Å². The second-order valence-electron chi connectivity index (χ2n) is 9.23. The number of carbonyl (C=O) groups excluding carboxylic acids is 2. The first-order chi connectivity index (χ1) is 20.8. The minimum Gasteiger partial charge on any atom is -0.497 e. The van der Waals surface area contributed by atoms with Gasteiger partial charge in [0.15, 0.2) is 17.2 Å².